The molecule has 7 nitrogen and oxygen atoms in total. The summed E-state index contributed by atoms with van der Waals surface area (Å²) in [6.45, 7) is 3.95. The van der Waals surface area contributed by atoms with Crippen molar-refractivity contribution < 1.29 is 14.4 Å². The molecule has 0 saturated carbocycles. The summed E-state index contributed by atoms with van der Waals surface area (Å²) >= 11 is 0. The van der Waals surface area contributed by atoms with E-state index in [9.17, 15) is 14.4 Å². The van der Waals surface area contributed by atoms with Crippen molar-refractivity contribution in [2.45, 2.75) is 44.4 Å². The number of piperazine rings is 1. The van der Waals surface area contributed by atoms with Gasteiger partial charge in [0, 0.05) is 6.54 Å². The fourth-order valence-electron chi connectivity index (χ4n) is 3.30. The molecule has 3 N–H and O–H groups in total. The van der Waals surface area contributed by atoms with Gasteiger partial charge in [-0.2, -0.15) is 0 Å². The van der Waals surface area contributed by atoms with E-state index in [1.165, 1.54) is 0 Å². The first kappa shape index (κ1) is 16.3. The Morgan fingerprint density at radius 1 is 1.29 bits per heavy atom. The van der Waals surface area contributed by atoms with Crippen LogP contribution < -0.4 is 16.0 Å². The molecule has 4 atom stereocenters. The van der Waals surface area contributed by atoms with Crippen LogP contribution in [0.1, 0.15) is 31.9 Å². The van der Waals surface area contributed by atoms with Gasteiger partial charge in [-0.25, -0.2) is 4.79 Å². The average molecular weight is 330 g/mol. The summed E-state index contributed by atoms with van der Waals surface area (Å²) in [6.07, 6.45) is 0.442. The van der Waals surface area contributed by atoms with E-state index in [0.717, 1.165) is 5.56 Å². The second-order valence-electron chi connectivity index (χ2n) is 6.42. The number of rotatable bonds is 3. The maximum atomic E-state index is 12.2. The van der Waals surface area contributed by atoms with Crippen molar-refractivity contribution in [3.05, 3.63) is 35.9 Å². The van der Waals surface area contributed by atoms with E-state index in [0.29, 0.717) is 13.0 Å². The van der Waals surface area contributed by atoms with Crippen molar-refractivity contribution in [2.75, 3.05) is 6.54 Å². The highest BCUT2D eigenvalue weighted by Gasteiger charge is 2.45. The van der Waals surface area contributed by atoms with Crippen molar-refractivity contribution in [2.24, 2.45) is 0 Å². The first-order valence-electron chi connectivity index (χ1n) is 8.18. The van der Waals surface area contributed by atoms with Gasteiger partial charge in [-0.1, -0.05) is 30.3 Å². The van der Waals surface area contributed by atoms with Crippen LogP contribution in [-0.2, 0) is 9.59 Å². The second-order valence-corrected chi connectivity index (χ2v) is 6.42. The predicted molar refractivity (Wildman–Crippen MR) is 88.0 cm³/mol. The molecule has 2 saturated heterocycles. The summed E-state index contributed by atoms with van der Waals surface area (Å²) < 4.78 is 0. The van der Waals surface area contributed by atoms with Crippen molar-refractivity contribution in [1.29, 1.82) is 0 Å². The van der Waals surface area contributed by atoms with Crippen LogP contribution in [0.15, 0.2) is 30.3 Å². The molecule has 0 unspecified atom stereocenters. The van der Waals surface area contributed by atoms with Gasteiger partial charge < -0.3 is 20.9 Å². The van der Waals surface area contributed by atoms with Gasteiger partial charge in [0.15, 0.2) is 0 Å². The number of carbonyl (C=O) groups is 3. The zero-order valence-electron chi connectivity index (χ0n) is 13.8. The summed E-state index contributed by atoms with van der Waals surface area (Å²) in [5.74, 6) is -0.244. The molecule has 1 aromatic carbocycles. The molecule has 24 heavy (non-hydrogen) atoms. The van der Waals surface area contributed by atoms with Gasteiger partial charge in [-0.05, 0) is 25.8 Å². The van der Waals surface area contributed by atoms with Crippen molar-refractivity contribution in [3.63, 3.8) is 0 Å². The molecule has 1 aromatic rings. The van der Waals surface area contributed by atoms with Gasteiger partial charge in [0.25, 0.3) is 0 Å². The Bertz CT molecular complexity index is 648. The van der Waals surface area contributed by atoms with E-state index in [4.69, 9.17) is 0 Å². The molecular weight excluding hydrogens is 308 g/mol. The molecule has 2 aliphatic heterocycles. The number of nitrogens with one attached hydrogen (secondary N) is 3. The molecule has 4 amide bonds. The fraction of sp³-hybridized carbons (Fsp3) is 0.471. The third kappa shape index (κ3) is 3.20. The maximum absolute atomic E-state index is 12.2. The fourth-order valence-corrected chi connectivity index (χ4v) is 3.30. The summed E-state index contributed by atoms with van der Waals surface area (Å²) in [6, 6.07) is 8.04. The molecule has 3 rings (SSSR count). The lowest BCUT2D eigenvalue weighted by molar-refractivity contribution is -0.146. The molecule has 0 aromatic heterocycles. The van der Waals surface area contributed by atoms with E-state index in [2.05, 4.69) is 16.0 Å². The quantitative estimate of drug-likeness (QED) is 0.755. The van der Waals surface area contributed by atoms with Gasteiger partial charge in [0.05, 0.1) is 12.1 Å². The Morgan fingerprint density at radius 2 is 2.00 bits per heavy atom. The van der Waals surface area contributed by atoms with E-state index >= 15 is 0 Å². The van der Waals surface area contributed by atoms with Crippen LogP contribution in [0, 0.1) is 0 Å². The van der Waals surface area contributed by atoms with Crippen LogP contribution in [-0.4, -0.2) is 47.4 Å². The smallest absolute Gasteiger partial charge is 0.315 e. The molecule has 7 heteroatoms. The lowest BCUT2D eigenvalue weighted by Gasteiger charge is -2.32. The van der Waals surface area contributed by atoms with Crippen LogP contribution in [0.25, 0.3) is 0 Å². The number of hydrogen-bond donors (Lipinski definition) is 3. The van der Waals surface area contributed by atoms with Crippen molar-refractivity contribution in [3.8, 4) is 0 Å². The molecule has 128 valence electrons. The molecule has 0 spiro atoms. The van der Waals surface area contributed by atoms with Gasteiger partial charge >= 0.3 is 6.03 Å². The van der Waals surface area contributed by atoms with Crippen LogP contribution in [0.2, 0.25) is 0 Å². The third-order valence-electron chi connectivity index (χ3n) is 4.60. The van der Waals surface area contributed by atoms with Crippen LogP contribution in [0.4, 0.5) is 4.79 Å². The van der Waals surface area contributed by atoms with Crippen LogP contribution >= 0.6 is 0 Å². The van der Waals surface area contributed by atoms with E-state index < -0.39 is 12.1 Å². The summed E-state index contributed by atoms with van der Waals surface area (Å²) in [5, 5.41) is 8.42. The molecule has 0 aliphatic carbocycles. The van der Waals surface area contributed by atoms with E-state index in [-0.39, 0.29) is 29.9 Å². The topological polar surface area (TPSA) is 90.5 Å². The zero-order valence-corrected chi connectivity index (χ0v) is 13.8. The largest absolute Gasteiger partial charge is 0.343 e. The van der Waals surface area contributed by atoms with Gasteiger partial charge in [-0.3, -0.25) is 9.59 Å². The van der Waals surface area contributed by atoms with Gasteiger partial charge in [0.2, 0.25) is 11.8 Å². The Labute approximate surface area is 140 Å². The number of urea groups is 1. The molecule has 2 fully saturated rings. The number of hydrogen-bond acceptors (Lipinski definition) is 3. The Morgan fingerprint density at radius 3 is 2.71 bits per heavy atom. The lowest BCUT2D eigenvalue weighted by Crippen LogP contribution is -2.60. The minimum Gasteiger partial charge on any atom is -0.343 e. The SMILES string of the molecule is C[C@@H]1NC(=O)[C@@H]2C[C@H](NC(=O)N[C@@H](C)c3ccccc3)CN2C1=O. The monoisotopic (exact) mass is 330 g/mol. The number of fused-ring (bicyclic) bond motifs is 1. The second kappa shape index (κ2) is 6.51. The Balaban J connectivity index is 1.56. The minimum atomic E-state index is -0.501. The van der Waals surface area contributed by atoms with E-state index in [1.54, 1.807) is 11.8 Å². The first-order chi connectivity index (χ1) is 11.5. The Kier molecular flexibility index (Phi) is 4.42. The summed E-state index contributed by atoms with van der Waals surface area (Å²) in [7, 11) is 0. The molecule has 0 bridgehead atoms. The number of benzene rings is 1. The number of nitrogens with zero attached hydrogens (tertiary/aromatic N) is 1. The highest BCUT2D eigenvalue weighted by molar-refractivity contribution is 5.97. The highest BCUT2D eigenvalue weighted by Crippen LogP contribution is 2.22. The minimum absolute atomic E-state index is 0.0954. The standard InChI is InChI=1S/C17H22N4O3/c1-10(12-6-4-3-5-7-12)19-17(24)20-13-8-14-15(22)18-11(2)16(23)21(14)9-13/h3-7,10-11,13-14H,8-9H2,1-2H3,(H,18,22)(H2,19,20,24)/t10-,11-,13-,14-/m0/s1. The molecule has 0 radical (unpaired) electrons. The lowest BCUT2D eigenvalue weighted by atomic mass is 10.1. The molecule has 2 heterocycles. The highest BCUT2D eigenvalue weighted by atomic mass is 16.2. The maximum Gasteiger partial charge on any atom is 0.315 e. The van der Waals surface area contributed by atoms with Crippen molar-refractivity contribution in [1.82, 2.24) is 20.9 Å². The zero-order chi connectivity index (χ0) is 17.3. The molecular formula is C17H22N4O3. The van der Waals surface area contributed by atoms with Crippen LogP contribution in [0.3, 0.4) is 0 Å². The van der Waals surface area contributed by atoms with Crippen LogP contribution in [0.5, 0.6) is 0 Å². The third-order valence-corrected chi connectivity index (χ3v) is 4.60. The van der Waals surface area contributed by atoms with E-state index in [1.807, 2.05) is 37.3 Å². The Hall–Kier alpha value is -2.57. The van der Waals surface area contributed by atoms with Gasteiger partial charge in [0.1, 0.15) is 12.1 Å². The summed E-state index contributed by atoms with van der Waals surface area (Å²) in [5.41, 5.74) is 1.01. The first-order valence-corrected chi connectivity index (χ1v) is 8.18. The van der Waals surface area contributed by atoms with Gasteiger partial charge in [-0.15, -0.1) is 0 Å². The number of carbonyl (C=O) groups excluding carboxylic acids is 3. The van der Waals surface area contributed by atoms with Crippen molar-refractivity contribution >= 4 is 17.8 Å². The summed E-state index contributed by atoms with van der Waals surface area (Å²) in [4.78, 5) is 37.9. The predicted octanol–water partition coefficient (Wildman–Crippen LogP) is 0.535. The normalized spacial score (nSPS) is 27.2. The number of amides is 4. The average Bonchev–Trinajstić information content (AvgIpc) is 2.98. The molecule has 2 aliphatic rings.